The molecule has 0 N–H and O–H groups in total. The van der Waals surface area contributed by atoms with E-state index in [-0.39, 0.29) is 5.54 Å². The van der Waals surface area contributed by atoms with E-state index in [1.807, 2.05) is 20.8 Å². The highest BCUT2D eigenvalue weighted by Crippen LogP contribution is 2.38. The predicted molar refractivity (Wildman–Crippen MR) is 169 cm³/mol. The molecule has 0 radical (unpaired) electrons. The van der Waals surface area contributed by atoms with Crippen LogP contribution in [0.4, 0.5) is 0 Å². The van der Waals surface area contributed by atoms with Gasteiger partial charge in [-0.25, -0.2) is 0 Å². The van der Waals surface area contributed by atoms with Gasteiger partial charge in [0.05, 0.1) is 5.54 Å². The second-order valence-corrected chi connectivity index (χ2v) is 13.1. The largest absolute Gasteiger partial charge is 0.508 e. The lowest BCUT2D eigenvalue weighted by Crippen LogP contribution is -2.51. The van der Waals surface area contributed by atoms with Gasteiger partial charge in [0.1, 0.15) is 0 Å². The van der Waals surface area contributed by atoms with Gasteiger partial charge in [-0.3, -0.25) is 0 Å². The van der Waals surface area contributed by atoms with E-state index in [1.54, 1.807) is 0 Å². The Morgan fingerprint density at radius 3 is 1.62 bits per heavy atom. The van der Waals surface area contributed by atoms with Crippen LogP contribution in [0, 0.1) is 0 Å². The average Bonchev–Trinajstić information content (AvgIpc) is 3.00. The maximum Gasteiger partial charge on any atom is 0.508 e. The second-order valence-electron chi connectivity index (χ2n) is 10.3. The third-order valence-electron chi connectivity index (χ3n) is 7.84. The SMILES string of the molecule is CCO[Si](OCC)(OCC)C1C=Cc2cc(-c3ccc4cc(-c5ccc6ccccc6c5)ccc4c3)ccc2C1. The third kappa shape index (κ3) is 5.16. The van der Waals surface area contributed by atoms with Gasteiger partial charge in [-0.05, 0) is 106 Å². The Labute approximate surface area is 238 Å². The molecular weight excluding hydrogens is 508 g/mol. The third-order valence-corrected chi connectivity index (χ3v) is 11.2. The molecule has 1 aliphatic carbocycles. The molecule has 1 unspecified atom stereocenters. The van der Waals surface area contributed by atoms with Crippen molar-refractivity contribution in [3.63, 3.8) is 0 Å². The summed E-state index contributed by atoms with van der Waals surface area (Å²) in [6.07, 6.45) is 5.34. The van der Waals surface area contributed by atoms with Crippen LogP contribution < -0.4 is 0 Å². The van der Waals surface area contributed by atoms with E-state index in [0.717, 1.165) is 6.42 Å². The molecule has 202 valence electrons. The van der Waals surface area contributed by atoms with Crippen LogP contribution in [0.3, 0.4) is 0 Å². The average molecular weight is 545 g/mol. The van der Waals surface area contributed by atoms with Crippen LogP contribution in [0.1, 0.15) is 31.9 Å². The minimum Gasteiger partial charge on any atom is -0.373 e. The summed E-state index contributed by atoms with van der Waals surface area (Å²) >= 11 is 0. The molecule has 6 rings (SSSR count). The summed E-state index contributed by atoms with van der Waals surface area (Å²) in [5, 5.41) is 5.03. The molecule has 0 bridgehead atoms. The van der Waals surface area contributed by atoms with Crippen molar-refractivity contribution >= 4 is 36.4 Å². The summed E-state index contributed by atoms with van der Waals surface area (Å²) in [4.78, 5) is 0. The molecule has 0 aliphatic heterocycles. The van der Waals surface area contributed by atoms with Gasteiger partial charge in [0.2, 0.25) is 0 Å². The van der Waals surface area contributed by atoms with E-state index in [1.165, 1.54) is 54.9 Å². The van der Waals surface area contributed by atoms with Crippen molar-refractivity contribution in [2.45, 2.75) is 32.7 Å². The highest BCUT2D eigenvalue weighted by molar-refractivity contribution is 6.63. The van der Waals surface area contributed by atoms with Crippen LogP contribution in [0.25, 0.3) is 49.9 Å². The summed E-state index contributed by atoms with van der Waals surface area (Å²) in [5.41, 5.74) is 7.64. The molecule has 1 atom stereocenters. The number of hydrogen-bond donors (Lipinski definition) is 0. The van der Waals surface area contributed by atoms with Crippen LogP contribution in [0.2, 0.25) is 5.54 Å². The Balaban J connectivity index is 1.27. The van der Waals surface area contributed by atoms with Crippen molar-refractivity contribution in [2.24, 2.45) is 0 Å². The van der Waals surface area contributed by atoms with Crippen LogP contribution in [-0.4, -0.2) is 28.6 Å². The zero-order valence-electron chi connectivity index (χ0n) is 23.5. The van der Waals surface area contributed by atoms with Gasteiger partial charge in [0, 0.05) is 19.8 Å². The van der Waals surface area contributed by atoms with Crippen molar-refractivity contribution < 1.29 is 13.3 Å². The first kappa shape index (κ1) is 26.7. The van der Waals surface area contributed by atoms with Crippen molar-refractivity contribution in [3.05, 3.63) is 114 Å². The molecule has 5 aromatic rings. The Bertz CT molecular complexity index is 1670. The van der Waals surface area contributed by atoms with Gasteiger partial charge in [-0.2, -0.15) is 0 Å². The molecule has 0 aromatic heterocycles. The van der Waals surface area contributed by atoms with Gasteiger partial charge in [0.15, 0.2) is 0 Å². The molecule has 4 heteroatoms. The predicted octanol–water partition coefficient (Wildman–Crippen LogP) is 9.31. The smallest absolute Gasteiger partial charge is 0.373 e. The standard InChI is InChI=1S/C36H36O3Si/c1-4-37-40(38-5-2,39-6-3)36-20-19-34-24-33(17-18-35(34)25-36)32-16-15-30-22-29(13-14-31(30)23-32)28-12-11-26-9-7-8-10-27(26)21-28/h7-24,36H,4-6,25H2,1-3H3. The summed E-state index contributed by atoms with van der Waals surface area (Å²) < 4.78 is 18.6. The quantitative estimate of drug-likeness (QED) is 0.173. The van der Waals surface area contributed by atoms with Crippen LogP contribution in [-0.2, 0) is 19.7 Å². The van der Waals surface area contributed by atoms with E-state index in [2.05, 4.69) is 109 Å². The first-order valence-electron chi connectivity index (χ1n) is 14.4. The fourth-order valence-electron chi connectivity index (χ4n) is 5.91. The van der Waals surface area contributed by atoms with Crippen LogP contribution in [0.15, 0.2) is 103 Å². The number of hydrogen-bond acceptors (Lipinski definition) is 3. The van der Waals surface area contributed by atoms with Crippen molar-refractivity contribution in [1.29, 1.82) is 0 Å². The van der Waals surface area contributed by atoms with E-state index in [0.29, 0.717) is 19.8 Å². The van der Waals surface area contributed by atoms with Gasteiger partial charge in [0.25, 0.3) is 0 Å². The number of fused-ring (bicyclic) bond motifs is 3. The normalized spacial score (nSPS) is 15.0. The lowest BCUT2D eigenvalue weighted by molar-refractivity contribution is 0.0651. The summed E-state index contributed by atoms with van der Waals surface area (Å²) in [6.45, 7) is 7.82. The Hall–Kier alpha value is -3.54. The van der Waals surface area contributed by atoms with E-state index < -0.39 is 8.80 Å². The summed E-state index contributed by atoms with van der Waals surface area (Å²) in [5.74, 6) is 0. The highest BCUT2D eigenvalue weighted by atomic mass is 28.4. The fraction of sp³-hybridized carbons (Fsp3) is 0.222. The molecule has 0 spiro atoms. The zero-order valence-corrected chi connectivity index (χ0v) is 24.5. The molecule has 0 saturated carbocycles. The monoisotopic (exact) mass is 544 g/mol. The van der Waals surface area contributed by atoms with E-state index >= 15 is 0 Å². The minimum atomic E-state index is -2.80. The van der Waals surface area contributed by atoms with Crippen molar-refractivity contribution in [2.75, 3.05) is 19.8 Å². The lowest BCUT2D eigenvalue weighted by atomic mass is 9.92. The number of benzene rings is 5. The van der Waals surface area contributed by atoms with E-state index in [4.69, 9.17) is 13.3 Å². The Kier molecular flexibility index (Phi) is 7.68. The number of allylic oxidation sites excluding steroid dienone is 1. The van der Waals surface area contributed by atoms with Gasteiger partial charge >= 0.3 is 8.80 Å². The molecule has 0 saturated heterocycles. The first-order valence-corrected chi connectivity index (χ1v) is 16.2. The fourth-order valence-corrected chi connectivity index (χ4v) is 8.81. The maximum absolute atomic E-state index is 6.20. The molecule has 3 nitrogen and oxygen atoms in total. The second kappa shape index (κ2) is 11.5. The van der Waals surface area contributed by atoms with E-state index in [9.17, 15) is 0 Å². The van der Waals surface area contributed by atoms with Crippen LogP contribution >= 0.6 is 0 Å². The van der Waals surface area contributed by atoms with Crippen LogP contribution in [0.5, 0.6) is 0 Å². The molecule has 1 aliphatic rings. The molecule has 40 heavy (non-hydrogen) atoms. The highest BCUT2D eigenvalue weighted by Gasteiger charge is 2.48. The van der Waals surface area contributed by atoms with Crippen molar-refractivity contribution in [1.82, 2.24) is 0 Å². The maximum atomic E-state index is 6.20. The summed E-state index contributed by atoms with van der Waals surface area (Å²) in [7, 11) is -2.80. The summed E-state index contributed by atoms with van der Waals surface area (Å²) in [6, 6.07) is 35.6. The Morgan fingerprint density at radius 1 is 0.575 bits per heavy atom. The minimum absolute atomic E-state index is 0.128. The Morgan fingerprint density at radius 2 is 1.05 bits per heavy atom. The molecule has 0 amide bonds. The number of rotatable bonds is 9. The lowest BCUT2D eigenvalue weighted by Gasteiger charge is -2.35. The molecule has 5 aromatic carbocycles. The zero-order chi connectivity index (χ0) is 27.5. The van der Waals surface area contributed by atoms with Gasteiger partial charge in [-0.15, -0.1) is 0 Å². The topological polar surface area (TPSA) is 27.7 Å². The molecular formula is C36H36O3Si. The molecule has 0 fully saturated rings. The first-order chi connectivity index (χ1) is 19.6. The van der Waals surface area contributed by atoms with Crippen molar-refractivity contribution in [3.8, 4) is 22.3 Å². The molecule has 0 heterocycles. The van der Waals surface area contributed by atoms with Gasteiger partial charge in [-0.1, -0.05) is 84.9 Å². The van der Waals surface area contributed by atoms with Gasteiger partial charge < -0.3 is 13.3 Å².